The number of nitrogens with one attached hydrogen (secondary N) is 1. The van der Waals surface area contributed by atoms with Gasteiger partial charge in [-0.1, -0.05) is 24.3 Å². The normalized spacial score (nSPS) is 10.9. The summed E-state index contributed by atoms with van der Waals surface area (Å²) in [5, 5.41) is 13.2. The van der Waals surface area contributed by atoms with Gasteiger partial charge in [0.2, 0.25) is 11.1 Å². The lowest BCUT2D eigenvalue weighted by atomic mass is 10.2. The lowest BCUT2D eigenvalue weighted by Crippen LogP contribution is -2.17. The molecule has 7 heteroatoms. The van der Waals surface area contributed by atoms with Gasteiger partial charge in [-0.15, -0.1) is 0 Å². The highest BCUT2D eigenvalue weighted by Gasteiger charge is 2.11. The van der Waals surface area contributed by atoms with E-state index >= 15 is 0 Å². The van der Waals surface area contributed by atoms with Crippen LogP contribution in [-0.2, 0) is 0 Å². The molecule has 3 aromatic rings. The van der Waals surface area contributed by atoms with Crippen molar-refractivity contribution in [1.29, 1.82) is 0 Å². The summed E-state index contributed by atoms with van der Waals surface area (Å²) >= 11 is 5.98. The summed E-state index contributed by atoms with van der Waals surface area (Å²) in [5.41, 5.74) is 3.69. The summed E-state index contributed by atoms with van der Waals surface area (Å²) in [5.74, 6) is -0.106. The van der Waals surface area contributed by atoms with Crippen LogP contribution in [-0.4, -0.2) is 22.2 Å². The fourth-order valence-electron chi connectivity index (χ4n) is 1.96. The molecule has 1 heterocycles. The largest absolute Gasteiger partial charge is 0.508 e. The molecule has 2 N–H and O–H groups in total. The molecule has 0 aliphatic carbocycles. The highest BCUT2D eigenvalue weighted by molar-refractivity contribution is 6.31. The van der Waals surface area contributed by atoms with Crippen molar-refractivity contribution in [3.05, 3.63) is 71.1 Å². The number of aromatic hydroxyl groups is 1. The van der Waals surface area contributed by atoms with Gasteiger partial charge in [-0.2, -0.15) is 5.10 Å². The lowest BCUT2D eigenvalue weighted by Gasteiger charge is -1.99. The fraction of sp³-hybridized carbons (Fsp3) is 0. The summed E-state index contributed by atoms with van der Waals surface area (Å²) < 4.78 is 5.38. The Hall–Kier alpha value is -3.12. The highest BCUT2D eigenvalue weighted by Crippen LogP contribution is 2.24. The molecule has 0 aliphatic rings. The Balaban J connectivity index is 1.71. The number of hydrazone groups is 1. The minimum atomic E-state index is -0.468. The van der Waals surface area contributed by atoms with Gasteiger partial charge in [-0.05, 0) is 41.9 Å². The second-order valence-electron chi connectivity index (χ2n) is 4.79. The zero-order chi connectivity index (χ0) is 16.9. The zero-order valence-electron chi connectivity index (χ0n) is 12.3. The molecular formula is C17H12ClN3O3. The zero-order valence-corrected chi connectivity index (χ0v) is 13.1. The van der Waals surface area contributed by atoms with E-state index in [1.807, 2.05) is 30.3 Å². The molecule has 24 heavy (non-hydrogen) atoms. The van der Waals surface area contributed by atoms with Crippen molar-refractivity contribution in [1.82, 2.24) is 10.4 Å². The fourth-order valence-corrected chi connectivity index (χ4v) is 2.13. The Morgan fingerprint density at radius 1 is 1.21 bits per heavy atom. The average Bonchev–Trinajstić information content (AvgIpc) is 2.96. The first-order valence-electron chi connectivity index (χ1n) is 6.97. The third-order valence-electron chi connectivity index (χ3n) is 3.09. The molecule has 0 spiro atoms. The molecule has 1 amide bonds. The molecular weight excluding hydrogens is 330 g/mol. The maximum Gasteiger partial charge on any atom is 0.271 e. The van der Waals surface area contributed by atoms with Crippen LogP contribution >= 0.6 is 11.6 Å². The Labute approximate surface area is 142 Å². The molecule has 3 rings (SSSR count). The Kier molecular flexibility index (Phi) is 4.58. The van der Waals surface area contributed by atoms with Crippen LogP contribution in [0.25, 0.3) is 11.5 Å². The van der Waals surface area contributed by atoms with Crippen LogP contribution in [0.1, 0.15) is 16.1 Å². The molecule has 1 aromatic heterocycles. The van der Waals surface area contributed by atoms with Crippen molar-refractivity contribution in [2.75, 3.05) is 0 Å². The first-order chi connectivity index (χ1) is 11.6. The van der Waals surface area contributed by atoms with Crippen molar-refractivity contribution in [2.24, 2.45) is 5.10 Å². The van der Waals surface area contributed by atoms with E-state index in [9.17, 15) is 9.90 Å². The number of rotatable bonds is 4. The summed E-state index contributed by atoms with van der Waals surface area (Å²) in [6, 6.07) is 15.2. The van der Waals surface area contributed by atoms with Gasteiger partial charge >= 0.3 is 0 Å². The number of hydrogen-bond acceptors (Lipinski definition) is 5. The molecule has 0 aliphatic heterocycles. The number of carbonyl (C=O) groups excluding carboxylic acids is 1. The predicted octanol–water partition coefficient (Wildman–Crippen LogP) is 3.46. The van der Waals surface area contributed by atoms with E-state index in [-0.39, 0.29) is 16.5 Å². The summed E-state index contributed by atoms with van der Waals surface area (Å²) in [6.07, 6.45) is 1.29. The smallest absolute Gasteiger partial charge is 0.271 e. The molecule has 0 bridgehead atoms. The number of amides is 1. The second-order valence-corrected chi connectivity index (χ2v) is 5.14. The van der Waals surface area contributed by atoms with Crippen molar-refractivity contribution in [2.45, 2.75) is 0 Å². The molecule has 120 valence electrons. The number of halogens is 1. The number of aromatic nitrogens is 1. The maximum atomic E-state index is 11.9. The Bertz CT molecular complexity index is 891. The van der Waals surface area contributed by atoms with Crippen molar-refractivity contribution in [3.63, 3.8) is 0 Å². The van der Waals surface area contributed by atoms with E-state index in [2.05, 4.69) is 15.5 Å². The van der Waals surface area contributed by atoms with Crippen LogP contribution in [0.5, 0.6) is 5.75 Å². The van der Waals surface area contributed by atoms with Gasteiger partial charge < -0.3 is 9.52 Å². The number of carbonyl (C=O) groups is 1. The molecule has 0 unspecified atom stereocenters. The van der Waals surface area contributed by atoms with Crippen molar-refractivity contribution in [3.8, 4) is 17.2 Å². The average molecular weight is 342 g/mol. The van der Waals surface area contributed by atoms with Gasteiger partial charge in [0.1, 0.15) is 11.4 Å². The number of benzene rings is 2. The molecule has 0 saturated carbocycles. The van der Waals surface area contributed by atoms with Gasteiger partial charge in [-0.3, -0.25) is 4.79 Å². The van der Waals surface area contributed by atoms with Gasteiger partial charge in [-0.25, -0.2) is 10.4 Å². The predicted molar refractivity (Wildman–Crippen MR) is 90.1 cm³/mol. The summed E-state index contributed by atoms with van der Waals surface area (Å²) in [7, 11) is 0. The van der Waals surface area contributed by atoms with Crippen molar-refractivity contribution < 1.29 is 14.3 Å². The topological polar surface area (TPSA) is 87.7 Å². The van der Waals surface area contributed by atoms with E-state index in [0.29, 0.717) is 11.6 Å². The third-order valence-corrected chi connectivity index (χ3v) is 3.36. The molecule has 6 nitrogen and oxygen atoms in total. The van der Waals surface area contributed by atoms with E-state index in [4.69, 9.17) is 16.0 Å². The van der Waals surface area contributed by atoms with Gasteiger partial charge in [0.25, 0.3) is 5.91 Å². The maximum absolute atomic E-state index is 11.9. The SMILES string of the molecule is O=C(N/N=C/c1nc(-c2ccccc2)oc1Cl)c1cccc(O)c1. The van der Waals surface area contributed by atoms with E-state index in [1.54, 1.807) is 12.1 Å². The quantitative estimate of drug-likeness (QED) is 0.562. The minimum Gasteiger partial charge on any atom is -0.508 e. The molecule has 0 fully saturated rings. The van der Waals surface area contributed by atoms with Crippen LogP contribution in [0.4, 0.5) is 0 Å². The van der Waals surface area contributed by atoms with E-state index in [0.717, 1.165) is 5.56 Å². The number of nitrogens with zero attached hydrogens (tertiary/aromatic N) is 2. The summed E-state index contributed by atoms with van der Waals surface area (Å²) in [4.78, 5) is 16.1. The van der Waals surface area contributed by atoms with Crippen LogP contribution in [0, 0.1) is 0 Å². The van der Waals surface area contributed by atoms with Crippen LogP contribution in [0.15, 0.2) is 64.1 Å². The Morgan fingerprint density at radius 3 is 2.75 bits per heavy atom. The second kappa shape index (κ2) is 6.97. The first kappa shape index (κ1) is 15.8. The lowest BCUT2D eigenvalue weighted by molar-refractivity contribution is 0.0954. The van der Waals surface area contributed by atoms with Gasteiger partial charge in [0.05, 0.1) is 6.21 Å². The van der Waals surface area contributed by atoms with Crippen molar-refractivity contribution >= 4 is 23.7 Å². The molecule has 2 aromatic carbocycles. The molecule has 0 atom stereocenters. The van der Waals surface area contributed by atoms with Crippen LogP contribution < -0.4 is 5.43 Å². The van der Waals surface area contributed by atoms with Crippen LogP contribution in [0.3, 0.4) is 0 Å². The number of phenols is 1. The van der Waals surface area contributed by atoms with E-state index < -0.39 is 5.91 Å². The number of hydrogen-bond donors (Lipinski definition) is 2. The standard InChI is InChI=1S/C17H12ClN3O3/c18-15-14(20-17(24-15)11-5-2-1-3-6-11)10-19-21-16(23)12-7-4-8-13(22)9-12/h1-10,22H,(H,21,23)/b19-10+. The van der Waals surface area contributed by atoms with Crippen LogP contribution in [0.2, 0.25) is 5.22 Å². The van der Waals surface area contributed by atoms with E-state index in [1.165, 1.54) is 18.3 Å². The summed E-state index contributed by atoms with van der Waals surface area (Å²) in [6.45, 7) is 0. The Morgan fingerprint density at radius 2 is 2.00 bits per heavy atom. The highest BCUT2D eigenvalue weighted by atomic mass is 35.5. The number of phenolic OH excluding ortho intramolecular Hbond substituents is 1. The molecule has 0 radical (unpaired) electrons. The number of oxazole rings is 1. The third kappa shape index (κ3) is 3.61. The monoisotopic (exact) mass is 341 g/mol. The first-order valence-corrected chi connectivity index (χ1v) is 7.35. The van der Waals surface area contributed by atoms with Gasteiger partial charge in [0.15, 0.2) is 0 Å². The molecule has 0 saturated heterocycles. The van der Waals surface area contributed by atoms with Gasteiger partial charge in [0, 0.05) is 11.1 Å². The minimum absolute atomic E-state index is 0.00122.